The number of aliphatic carboxylic acids is 1. The predicted octanol–water partition coefficient (Wildman–Crippen LogP) is -0.396. The van der Waals surface area contributed by atoms with Crippen LogP contribution in [0, 0.1) is 0 Å². The number of carboxylic acid groups (broad SMARTS) is 1. The minimum atomic E-state index is -0.798. The second-order valence-electron chi connectivity index (χ2n) is 2.08. The Kier molecular flexibility index (Phi) is 5.37. The number of tetrazole rings is 1. The van der Waals surface area contributed by atoms with Crippen molar-refractivity contribution < 1.29 is 29.4 Å². The Labute approximate surface area is 81.5 Å². The zero-order chi connectivity index (χ0) is 8.10. The number of carboxylic acids is 1. The molecule has 1 heterocycles. The van der Waals surface area contributed by atoms with E-state index in [2.05, 4.69) is 20.6 Å². The van der Waals surface area contributed by atoms with Gasteiger partial charge in [-0.05, 0) is 6.42 Å². The van der Waals surface area contributed by atoms with E-state index in [1.807, 2.05) is 0 Å². The molecule has 0 saturated carbocycles. The Bertz CT molecular complexity index is 225. The first-order chi connectivity index (χ1) is 5.29. The molecule has 0 fully saturated rings. The van der Waals surface area contributed by atoms with Gasteiger partial charge in [-0.3, -0.25) is 4.79 Å². The smallest absolute Gasteiger partial charge is 0.303 e. The van der Waals surface area contributed by atoms with E-state index in [0.29, 0.717) is 18.7 Å². The molecule has 1 aromatic heterocycles. The minimum absolute atomic E-state index is 0. The molecule has 0 atom stereocenters. The molecule has 0 aliphatic rings. The number of rotatable bonds is 4. The molecule has 0 radical (unpaired) electrons. The van der Waals surface area contributed by atoms with Crippen molar-refractivity contribution in [2.24, 2.45) is 0 Å². The number of H-pyrrole nitrogens is 1. The maximum atomic E-state index is 10.1. The van der Waals surface area contributed by atoms with E-state index in [-0.39, 0.29) is 25.9 Å². The zero-order valence-electron chi connectivity index (χ0n) is 6.53. The van der Waals surface area contributed by atoms with Crippen LogP contribution >= 0.6 is 0 Å². The van der Waals surface area contributed by atoms with Gasteiger partial charge in [0.05, 0.1) is 0 Å². The summed E-state index contributed by atoms with van der Waals surface area (Å²) in [5.41, 5.74) is 0. The maximum absolute atomic E-state index is 10.1. The number of aromatic nitrogens is 4. The number of hydrogen-bond acceptors (Lipinski definition) is 4. The average Bonchev–Trinajstić information content (AvgIpc) is 2.39. The summed E-state index contributed by atoms with van der Waals surface area (Å²) in [4.78, 5) is 10.1. The molecule has 62 valence electrons. The van der Waals surface area contributed by atoms with Gasteiger partial charge in [-0.15, -0.1) is 10.2 Å². The molecule has 0 aliphatic heterocycles. The Morgan fingerprint density at radius 2 is 2.33 bits per heavy atom. The van der Waals surface area contributed by atoms with Crippen LogP contribution in [0.1, 0.15) is 18.7 Å². The first-order valence-electron chi connectivity index (χ1n) is 3.23. The molecule has 2 N–H and O–H groups in total. The SMILES string of the molecule is O=C(O)CCCc1nn[nH]n1.[Zn]. The third-order valence-corrected chi connectivity index (χ3v) is 1.18. The van der Waals surface area contributed by atoms with E-state index in [4.69, 9.17) is 5.11 Å². The second-order valence-corrected chi connectivity index (χ2v) is 2.08. The van der Waals surface area contributed by atoms with Crippen LogP contribution in [-0.4, -0.2) is 31.7 Å². The summed E-state index contributed by atoms with van der Waals surface area (Å²) in [5.74, 6) is -0.236. The second kappa shape index (κ2) is 5.77. The normalized spacial score (nSPS) is 9.00. The number of aryl methyl sites for hydroxylation is 1. The van der Waals surface area contributed by atoms with Gasteiger partial charge in [-0.1, -0.05) is 5.21 Å². The third kappa shape index (κ3) is 4.13. The van der Waals surface area contributed by atoms with Gasteiger partial charge >= 0.3 is 5.97 Å². The molecule has 0 bridgehead atoms. The standard InChI is InChI=1S/C5H8N4O2.Zn/c10-5(11)3-1-2-4-6-8-9-7-4;/h1-3H2,(H,10,11)(H,6,7,8,9);. The van der Waals surface area contributed by atoms with Gasteiger partial charge in [0.2, 0.25) is 0 Å². The predicted molar refractivity (Wildman–Crippen MR) is 34.8 cm³/mol. The first-order valence-corrected chi connectivity index (χ1v) is 3.23. The molecule has 0 amide bonds. The number of nitrogens with zero attached hydrogens (tertiary/aromatic N) is 3. The van der Waals surface area contributed by atoms with E-state index in [9.17, 15) is 4.79 Å². The molecule has 1 rings (SSSR count). The third-order valence-electron chi connectivity index (χ3n) is 1.18. The fourth-order valence-corrected chi connectivity index (χ4v) is 0.686. The molecule has 0 spiro atoms. The molecule has 0 unspecified atom stereocenters. The van der Waals surface area contributed by atoms with E-state index in [1.165, 1.54) is 0 Å². The number of hydrogen-bond donors (Lipinski definition) is 2. The van der Waals surface area contributed by atoms with Crippen molar-refractivity contribution >= 4 is 5.97 Å². The minimum Gasteiger partial charge on any atom is -0.481 e. The Hall–Kier alpha value is -0.837. The van der Waals surface area contributed by atoms with Gasteiger partial charge < -0.3 is 5.11 Å². The van der Waals surface area contributed by atoms with Crippen LogP contribution in [-0.2, 0) is 30.7 Å². The monoisotopic (exact) mass is 220 g/mol. The van der Waals surface area contributed by atoms with Crippen LogP contribution in [0.5, 0.6) is 0 Å². The largest absolute Gasteiger partial charge is 0.481 e. The molecule has 0 saturated heterocycles. The summed E-state index contributed by atoms with van der Waals surface area (Å²) >= 11 is 0. The van der Waals surface area contributed by atoms with E-state index in [0.717, 1.165) is 0 Å². The van der Waals surface area contributed by atoms with Crippen LogP contribution in [0.3, 0.4) is 0 Å². The van der Waals surface area contributed by atoms with Crippen molar-refractivity contribution in [2.75, 3.05) is 0 Å². The molecule has 6 nitrogen and oxygen atoms in total. The summed E-state index contributed by atoms with van der Waals surface area (Å²) < 4.78 is 0. The first kappa shape index (κ1) is 11.2. The topological polar surface area (TPSA) is 91.8 Å². The van der Waals surface area contributed by atoms with Gasteiger partial charge in [0.15, 0.2) is 5.82 Å². The van der Waals surface area contributed by atoms with Gasteiger partial charge in [-0.2, -0.15) is 5.21 Å². The van der Waals surface area contributed by atoms with Crippen molar-refractivity contribution in [1.82, 2.24) is 20.6 Å². The summed E-state index contributed by atoms with van der Waals surface area (Å²) in [6.45, 7) is 0. The van der Waals surface area contributed by atoms with Crippen LogP contribution in [0.4, 0.5) is 0 Å². The maximum Gasteiger partial charge on any atom is 0.303 e. The quantitative estimate of drug-likeness (QED) is 0.676. The van der Waals surface area contributed by atoms with E-state index >= 15 is 0 Å². The van der Waals surface area contributed by atoms with E-state index in [1.54, 1.807) is 0 Å². The summed E-state index contributed by atoms with van der Waals surface area (Å²) in [6, 6.07) is 0. The number of nitrogens with one attached hydrogen (secondary N) is 1. The fraction of sp³-hybridized carbons (Fsp3) is 0.600. The zero-order valence-corrected chi connectivity index (χ0v) is 9.49. The van der Waals surface area contributed by atoms with Gasteiger partial charge in [0.1, 0.15) is 0 Å². The van der Waals surface area contributed by atoms with Crippen LogP contribution in [0.2, 0.25) is 0 Å². The number of carbonyl (C=O) groups is 1. The molecular weight excluding hydrogens is 213 g/mol. The van der Waals surface area contributed by atoms with Crippen molar-refractivity contribution in [3.8, 4) is 0 Å². The van der Waals surface area contributed by atoms with E-state index < -0.39 is 5.97 Å². The molecule has 0 aliphatic carbocycles. The Morgan fingerprint density at radius 3 is 2.83 bits per heavy atom. The van der Waals surface area contributed by atoms with Crippen LogP contribution in [0.25, 0.3) is 0 Å². The fourth-order valence-electron chi connectivity index (χ4n) is 0.686. The molecule has 12 heavy (non-hydrogen) atoms. The molecule has 1 aromatic rings. The molecule has 7 heteroatoms. The molecule has 0 aromatic carbocycles. The average molecular weight is 222 g/mol. The summed E-state index contributed by atoms with van der Waals surface area (Å²) in [5, 5.41) is 21.2. The van der Waals surface area contributed by atoms with Crippen molar-refractivity contribution in [1.29, 1.82) is 0 Å². The van der Waals surface area contributed by atoms with Crippen molar-refractivity contribution in [3.05, 3.63) is 5.82 Å². The van der Waals surface area contributed by atoms with Gasteiger partial charge in [0, 0.05) is 32.3 Å². The Balaban J connectivity index is 0.00000121. The van der Waals surface area contributed by atoms with Crippen molar-refractivity contribution in [2.45, 2.75) is 19.3 Å². The van der Waals surface area contributed by atoms with Gasteiger partial charge in [0.25, 0.3) is 0 Å². The number of aromatic amines is 1. The summed E-state index contributed by atoms with van der Waals surface area (Å²) in [7, 11) is 0. The molecular formula is C5H8N4O2Zn. The van der Waals surface area contributed by atoms with Gasteiger partial charge in [-0.25, -0.2) is 0 Å². The summed E-state index contributed by atoms with van der Waals surface area (Å²) in [6.07, 6.45) is 1.26. The Morgan fingerprint density at radius 1 is 1.58 bits per heavy atom. The van der Waals surface area contributed by atoms with Crippen molar-refractivity contribution in [3.63, 3.8) is 0 Å². The van der Waals surface area contributed by atoms with Crippen LogP contribution < -0.4 is 0 Å². The van der Waals surface area contributed by atoms with Crippen LogP contribution in [0.15, 0.2) is 0 Å².